The van der Waals surface area contributed by atoms with Crippen molar-refractivity contribution in [3.8, 4) is 22.1 Å². The lowest BCUT2D eigenvalue weighted by atomic mass is 10.1. The van der Waals surface area contributed by atoms with Crippen molar-refractivity contribution >= 4 is 28.8 Å². The van der Waals surface area contributed by atoms with E-state index in [0.29, 0.717) is 27.1 Å². The molecule has 150 valence electrons. The van der Waals surface area contributed by atoms with Crippen LogP contribution in [0.1, 0.15) is 25.7 Å². The van der Waals surface area contributed by atoms with E-state index in [0.717, 1.165) is 11.6 Å². The van der Waals surface area contributed by atoms with Crippen molar-refractivity contribution < 1.29 is 23.5 Å². The Kier molecular flexibility index (Phi) is 5.79. The number of anilines is 1. The van der Waals surface area contributed by atoms with E-state index in [2.05, 4.69) is 10.3 Å². The van der Waals surface area contributed by atoms with E-state index >= 15 is 0 Å². The van der Waals surface area contributed by atoms with Gasteiger partial charge in [-0.3, -0.25) is 9.59 Å². The Morgan fingerprint density at radius 1 is 1.10 bits per heavy atom. The topological polar surface area (TPSA) is 104 Å². The minimum atomic E-state index is -0.914. The maximum absolute atomic E-state index is 13.6. The number of amides is 2. The fourth-order valence-corrected chi connectivity index (χ4v) is 3.64. The molecule has 9 heteroatoms. The lowest BCUT2D eigenvalue weighted by Gasteiger charge is -2.08. The number of aryl methyl sites for hydroxylation is 1. The molecule has 0 fully saturated rings. The summed E-state index contributed by atoms with van der Waals surface area (Å²) < 4.78 is 24.1. The van der Waals surface area contributed by atoms with Crippen molar-refractivity contribution in [2.75, 3.05) is 19.5 Å². The minimum Gasteiger partial charge on any atom is -0.493 e. The molecule has 3 N–H and O–H groups in total. The number of hydrogen-bond acceptors (Lipinski definition) is 6. The van der Waals surface area contributed by atoms with Gasteiger partial charge in [-0.25, -0.2) is 9.37 Å². The number of halogens is 1. The fraction of sp³-hybridized carbons (Fsp3) is 0.150. The van der Waals surface area contributed by atoms with E-state index in [9.17, 15) is 14.0 Å². The van der Waals surface area contributed by atoms with Crippen LogP contribution in [0.25, 0.3) is 10.6 Å². The first kappa shape index (κ1) is 20.3. The third-order valence-corrected chi connectivity index (χ3v) is 5.33. The third kappa shape index (κ3) is 4.19. The SMILES string of the molecule is COc1ccc(-c2nc(C)c(C(=O)Nc3ccc(F)c(C(N)=O)c3)s2)cc1OC. The van der Waals surface area contributed by atoms with E-state index < -0.39 is 17.6 Å². The molecule has 1 heterocycles. The maximum Gasteiger partial charge on any atom is 0.267 e. The van der Waals surface area contributed by atoms with E-state index in [1.54, 1.807) is 26.2 Å². The summed E-state index contributed by atoms with van der Waals surface area (Å²) in [6.45, 7) is 1.72. The smallest absolute Gasteiger partial charge is 0.267 e. The van der Waals surface area contributed by atoms with Gasteiger partial charge in [-0.2, -0.15) is 0 Å². The summed E-state index contributed by atoms with van der Waals surface area (Å²) in [5.74, 6) is -0.949. The van der Waals surface area contributed by atoms with Crippen LogP contribution in [-0.4, -0.2) is 31.0 Å². The normalized spacial score (nSPS) is 10.5. The number of nitrogens with zero attached hydrogens (tertiary/aromatic N) is 1. The summed E-state index contributed by atoms with van der Waals surface area (Å²) in [7, 11) is 3.09. The van der Waals surface area contributed by atoms with Crippen LogP contribution in [0.15, 0.2) is 36.4 Å². The van der Waals surface area contributed by atoms with Crippen molar-refractivity contribution in [1.29, 1.82) is 0 Å². The van der Waals surface area contributed by atoms with Gasteiger partial charge in [-0.15, -0.1) is 11.3 Å². The van der Waals surface area contributed by atoms with Gasteiger partial charge in [0, 0.05) is 11.3 Å². The lowest BCUT2D eigenvalue weighted by molar-refractivity contribution is 0.0993. The number of carbonyl (C=O) groups excluding carboxylic acids is 2. The van der Waals surface area contributed by atoms with Gasteiger partial charge in [-0.1, -0.05) is 0 Å². The second-order valence-corrected chi connectivity index (χ2v) is 7.02. The Morgan fingerprint density at radius 3 is 2.48 bits per heavy atom. The summed E-state index contributed by atoms with van der Waals surface area (Å²) in [6, 6.07) is 8.98. The number of nitrogens with one attached hydrogen (secondary N) is 1. The molecular weight excluding hydrogens is 397 g/mol. The molecule has 0 unspecified atom stereocenters. The van der Waals surface area contributed by atoms with Crippen molar-refractivity contribution in [2.45, 2.75) is 6.92 Å². The van der Waals surface area contributed by atoms with Crippen LogP contribution in [0, 0.1) is 12.7 Å². The minimum absolute atomic E-state index is 0.255. The average Bonchev–Trinajstić information content (AvgIpc) is 3.10. The molecule has 2 amide bonds. The fourth-order valence-electron chi connectivity index (χ4n) is 2.68. The zero-order valence-corrected chi connectivity index (χ0v) is 16.7. The number of nitrogens with two attached hydrogens (primary N) is 1. The zero-order chi connectivity index (χ0) is 21.1. The van der Waals surface area contributed by atoms with Crippen molar-refractivity contribution in [3.63, 3.8) is 0 Å². The first-order chi connectivity index (χ1) is 13.8. The molecule has 0 radical (unpaired) electrons. The summed E-state index contributed by atoms with van der Waals surface area (Å²) in [6.07, 6.45) is 0. The predicted molar refractivity (Wildman–Crippen MR) is 108 cm³/mol. The van der Waals surface area contributed by atoms with Gasteiger partial charge in [0.25, 0.3) is 11.8 Å². The van der Waals surface area contributed by atoms with E-state index in [-0.39, 0.29) is 11.3 Å². The van der Waals surface area contributed by atoms with Crippen LogP contribution in [0.4, 0.5) is 10.1 Å². The van der Waals surface area contributed by atoms with Gasteiger partial charge in [-0.05, 0) is 43.3 Å². The first-order valence-electron chi connectivity index (χ1n) is 8.44. The Hall–Kier alpha value is -3.46. The van der Waals surface area contributed by atoms with Crippen LogP contribution in [0.3, 0.4) is 0 Å². The number of benzene rings is 2. The quantitative estimate of drug-likeness (QED) is 0.640. The molecule has 7 nitrogen and oxygen atoms in total. The Balaban J connectivity index is 1.88. The van der Waals surface area contributed by atoms with E-state index in [4.69, 9.17) is 15.2 Å². The predicted octanol–water partition coefficient (Wildman–Crippen LogP) is 3.63. The third-order valence-electron chi connectivity index (χ3n) is 4.12. The van der Waals surface area contributed by atoms with Crippen LogP contribution in [0.2, 0.25) is 0 Å². The second kappa shape index (κ2) is 8.27. The second-order valence-electron chi connectivity index (χ2n) is 6.02. The number of methoxy groups -OCH3 is 2. The summed E-state index contributed by atoms with van der Waals surface area (Å²) in [5, 5.41) is 3.27. The molecule has 1 aromatic heterocycles. The highest BCUT2D eigenvalue weighted by atomic mass is 32.1. The molecule has 0 aliphatic rings. The standard InChI is InChI=1S/C20H18FN3O4S/c1-10-17(19(26)24-12-5-6-14(21)13(9-12)18(22)25)29-20(23-10)11-4-7-15(27-2)16(8-11)28-3/h4-9H,1-3H3,(H2,22,25)(H,24,26). The molecule has 29 heavy (non-hydrogen) atoms. The van der Waals surface area contributed by atoms with Crippen molar-refractivity contribution in [3.05, 3.63) is 58.3 Å². The van der Waals surface area contributed by atoms with Crippen molar-refractivity contribution in [2.24, 2.45) is 5.73 Å². The van der Waals surface area contributed by atoms with Gasteiger partial charge in [0.05, 0.1) is 25.5 Å². The largest absolute Gasteiger partial charge is 0.493 e. The van der Waals surface area contributed by atoms with Crippen LogP contribution in [0.5, 0.6) is 11.5 Å². The van der Waals surface area contributed by atoms with Crippen LogP contribution < -0.4 is 20.5 Å². The number of carbonyl (C=O) groups is 2. The van der Waals surface area contributed by atoms with Gasteiger partial charge < -0.3 is 20.5 Å². The summed E-state index contributed by atoms with van der Waals surface area (Å²) in [5.41, 5.74) is 6.41. The molecule has 3 rings (SSSR count). The molecule has 2 aromatic carbocycles. The van der Waals surface area contributed by atoms with Crippen LogP contribution in [-0.2, 0) is 0 Å². The van der Waals surface area contributed by atoms with Gasteiger partial charge in [0.1, 0.15) is 15.7 Å². The molecule has 3 aromatic rings. The van der Waals surface area contributed by atoms with Gasteiger partial charge in [0.2, 0.25) is 0 Å². The van der Waals surface area contributed by atoms with E-state index in [1.807, 2.05) is 6.07 Å². The maximum atomic E-state index is 13.6. The highest BCUT2D eigenvalue weighted by molar-refractivity contribution is 7.17. The van der Waals surface area contributed by atoms with Crippen LogP contribution >= 0.6 is 11.3 Å². The lowest BCUT2D eigenvalue weighted by Crippen LogP contribution is -2.15. The monoisotopic (exact) mass is 415 g/mol. The number of primary amides is 1. The molecule has 0 bridgehead atoms. The molecular formula is C20H18FN3O4S. The highest BCUT2D eigenvalue weighted by Crippen LogP contribution is 2.35. The number of thiazole rings is 1. The Bertz CT molecular complexity index is 1100. The number of rotatable bonds is 6. The Labute approximate surface area is 170 Å². The molecule has 0 saturated carbocycles. The summed E-state index contributed by atoms with van der Waals surface area (Å²) in [4.78, 5) is 28.8. The first-order valence-corrected chi connectivity index (χ1v) is 9.26. The van der Waals surface area contributed by atoms with Gasteiger partial charge >= 0.3 is 0 Å². The summed E-state index contributed by atoms with van der Waals surface area (Å²) >= 11 is 1.20. The number of ether oxygens (including phenoxy) is 2. The molecule has 0 atom stereocenters. The number of aromatic nitrogens is 1. The molecule has 0 spiro atoms. The Morgan fingerprint density at radius 2 is 1.83 bits per heavy atom. The number of hydrogen-bond donors (Lipinski definition) is 2. The van der Waals surface area contributed by atoms with Gasteiger partial charge in [0.15, 0.2) is 11.5 Å². The zero-order valence-electron chi connectivity index (χ0n) is 15.9. The van der Waals surface area contributed by atoms with Crippen molar-refractivity contribution in [1.82, 2.24) is 4.98 Å². The average molecular weight is 415 g/mol. The van der Waals surface area contributed by atoms with E-state index in [1.165, 1.54) is 30.6 Å². The highest BCUT2D eigenvalue weighted by Gasteiger charge is 2.18. The molecule has 0 aliphatic carbocycles. The molecule has 0 aliphatic heterocycles. The molecule has 0 saturated heterocycles.